The zero-order valence-corrected chi connectivity index (χ0v) is 9.34. The third kappa shape index (κ3) is 2.69. The van der Waals surface area contributed by atoms with Gasteiger partial charge in [-0.2, -0.15) is 0 Å². The average molecular weight is 254 g/mol. The maximum absolute atomic E-state index is 13.4. The predicted molar refractivity (Wildman–Crippen MR) is 60.3 cm³/mol. The van der Waals surface area contributed by atoms with Gasteiger partial charge >= 0.3 is 0 Å². The van der Waals surface area contributed by atoms with Crippen LogP contribution in [0.4, 0.5) is 14.7 Å². The fraction of sp³-hybridized carbons (Fsp3) is 0. The van der Waals surface area contributed by atoms with Crippen LogP contribution in [-0.2, 0) is 0 Å². The zero-order valence-electron chi connectivity index (χ0n) is 8.52. The highest BCUT2D eigenvalue weighted by Gasteiger charge is 2.10. The van der Waals surface area contributed by atoms with Crippen LogP contribution in [0.25, 0.3) is 0 Å². The molecule has 0 amide bonds. The number of hydrogen-bond donors (Lipinski definition) is 2. The summed E-state index contributed by atoms with van der Waals surface area (Å²) in [6.45, 7) is 0. The van der Waals surface area contributed by atoms with Crippen molar-refractivity contribution >= 4 is 17.7 Å². The van der Waals surface area contributed by atoms with Gasteiger partial charge < -0.3 is 0 Å². The van der Waals surface area contributed by atoms with Crippen molar-refractivity contribution in [3.05, 3.63) is 42.1 Å². The number of nitrogens with one attached hydrogen (secondary N) is 1. The third-order valence-corrected chi connectivity index (χ3v) is 2.91. The molecule has 0 radical (unpaired) electrons. The largest absolute Gasteiger partial charge is 0.292 e. The lowest BCUT2D eigenvalue weighted by molar-refractivity contribution is 0.578. The van der Waals surface area contributed by atoms with Gasteiger partial charge in [-0.15, -0.1) is 0 Å². The normalized spacial score (nSPS) is 10.3. The fourth-order valence-electron chi connectivity index (χ4n) is 1.12. The summed E-state index contributed by atoms with van der Waals surface area (Å²) >= 11 is 0.874. The number of benzene rings is 1. The molecule has 0 fully saturated rings. The number of nitrogen functional groups attached to an aromatic ring is 1. The Labute approximate surface area is 100 Å². The molecule has 0 aliphatic heterocycles. The van der Waals surface area contributed by atoms with Crippen LogP contribution in [0.15, 0.2) is 40.4 Å². The Morgan fingerprint density at radius 1 is 1.18 bits per heavy atom. The van der Waals surface area contributed by atoms with Crippen LogP contribution in [0.2, 0.25) is 0 Å². The molecular weight excluding hydrogens is 246 g/mol. The predicted octanol–water partition coefficient (Wildman–Crippen LogP) is 2.19. The second-order valence-corrected chi connectivity index (χ2v) is 4.05. The summed E-state index contributed by atoms with van der Waals surface area (Å²) in [6, 6.07) is 6.05. The van der Waals surface area contributed by atoms with E-state index >= 15 is 0 Å². The highest BCUT2D eigenvalue weighted by atomic mass is 32.2. The number of nitrogens with two attached hydrogens (primary N) is 1. The van der Waals surface area contributed by atoms with Crippen LogP contribution in [0.1, 0.15) is 0 Å². The zero-order chi connectivity index (χ0) is 12.3. The lowest BCUT2D eigenvalue weighted by atomic mass is 10.3. The van der Waals surface area contributed by atoms with E-state index in [1.165, 1.54) is 12.1 Å². The molecule has 0 aliphatic rings. The minimum Gasteiger partial charge on any atom is -0.292 e. The molecule has 0 aliphatic carbocycles. The summed E-state index contributed by atoms with van der Waals surface area (Å²) in [5, 5.41) is 0.0121. The smallest absolute Gasteiger partial charge is 0.238 e. The van der Waals surface area contributed by atoms with Crippen molar-refractivity contribution < 1.29 is 8.78 Å². The van der Waals surface area contributed by atoms with E-state index in [-0.39, 0.29) is 15.9 Å². The molecule has 0 bridgehead atoms. The van der Waals surface area contributed by atoms with Gasteiger partial charge in [0.15, 0.2) is 5.82 Å². The van der Waals surface area contributed by atoms with Crippen LogP contribution < -0.4 is 11.3 Å². The van der Waals surface area contributed by atoms with E-state index in [1.807, 2.05) is 0 Å². The average Bonchev–Trinajstić information content (AvgIpc) is 2.35. The second-order valence-electron chi connectivity index (χ2n) is 3.02. The quantitative estimate of drug-likeness (QED) is 0.499. The monoisotopic (exact) mass is 254 g/mol. The molecule has 0 unspecified atom stereocenters. The summed E-state index contributed by atoms with van der Waals surface area (Å²) in [5.41, 5.74) is 2.20. The van der Waals surface area contributed by atoms with Gasteiger partial charge in [0, 0.05) is 4.90 Å². The van der Waals surface area contributed by atoms with Crippen molar-refractivity contribution in [2.75, 3.05) is 5.43 Å². The Hall–Kier alpha value is -1.73. The van der Waals surface area contributed by atoms with Crippen molar-refractivity contribution in [3.8, 4) is 0 Å². The van der Waals surface area contributed by atoms with Crippen LogP contribution in [-0.4, -0.2) is 9.97 Å². The molecule has 2 rings (SSSR count). The first-order valence-corrected chi connectivity index (χ1v) is 5.44. The standard InChI is InChI=1S/C10H8F2N4S/c11-6-3-1-2-4-8(6)17-9-7(12)5-14-10(15-9)16-13/h1-5H,13H2,(H,14,15,16). The van der Waals surface area contributed by atoms with E-state index in [9.17, 15) is 8.78 Å². The Morgan fingerprint density at radius 3 is 2.65 bits per heavy atom. The second kappa shape index (κ2) is 5.07. The van der Waals surface area contributed by atoms with Gasteiger partial charge in [-0.05, 0) is 12.1 Å². The highest BCUT2D eigenvalue weighted by molar-refractivity contribution is 7.99. The van der Waals surface area contributed by atoms with E-state index in [1.54, 1.807) is 12.1 Å². The molecule has 1 aromatic carbocycles. The van der Waals surface area contributed by atoms with Gasteiger partial charge in [0.1, 0.15) is 10.8 Å². The maximum Gasteiger partial charge on any atom is 0.238 e. The van der Waals surface area contributed by atoms with Crippen molar-refractivity contribution in [2.45, 2.75) is 9.92 Å². The molecule has 3 N–H and O–H groups in total. The van der Waals surface area contributed by atoms with Crippen molar-refractivity contribution in [3.63, 3.8) is 0 Å². The number of rotatable bonds is 3. The lowest BCUT2D eigenvalue weighted by Crippen LogP contribution is -2.11. The molecule has 0 saturated heterocycles. The fourth-order valence-corrected chi connectivity index (χ4v) is 1.93. The molecule has 0 spiro atoms. The molecule has 2 aromatic rings. The first-order valence-electron chi connectivity index (χ1n) is 4.62. The van der Waals surface area contributed by atoms with Crippen LogP contribution in [0, 0.1) is 11.6 Å². The van der Waals surface area contributed by atoms with E-state index in [4.69, 9.17) is 5.84 Å². The minimum atomic E-state index is -0.628. The highest BCUT2D eigenvalue weighted by Crippen LogP contribution is 2.30. The number of nitrogens with zero attached hydrogens (tertiary/aromatic N) is 2. The molecule has 0 atom stereocenters. The first-order chi connectivity index (χ1) is 8.20. The van der Waals surface area contributed by atoms with E-state index in [0.29, 0.717) is 0 Å². The van der Waals surface area contributed by atoms with Gasteiger partial charge in [0.05, 0.1) is 6.20 Å². The van der Waals surface area contributed by atoms with Crippen LogP contribution >= 0.6 is 11.8 Å². The summed E-state index contributed by atoms with van der Waals surface area (Å²) in [7, 11) is 0. The molecule has 88 valence electrons. The molecule has 1 aromatic heterocycles. The van der Waals surface area contributed by atoms with E-state index < -0.39 is 11.6 Å². The summed E-state index contributed by atoms with van der Waals surface area (Å²) < 4.78 is 26.7. The molecule has 4 nitrogen and oxygen atoms in total. The summed E-state index contributed by atoms with van der Waals surface area (Å²) in [5.74, 6) is 4.13. The summed E-state index contributed by atoms with van der Waals surface area (Å²) in [6.07, 6.45) is 0.978. The van der Waals surface area contributed by atoms with Crippen LogP contribution in [0.5, 0.6) is 0 Å². The lowest BCUT2D eigenvalue weighted by Gasteiger charge is -2.04. The maximum atomic E-state index is 13.4. The van der Waals surface area contributed by atoms with Crippen molar-refractivity contribution in [1.82, 2.24) is 9.97 Å². The van der Waals surface area contributed by atoms with Gasteiger partial charge in [0.25, 0.3) is 0 Å². The molecule has 7 heteroatoms. The molecule has 0 saturated carbocycles. The summed E-state index contributed by atoms with van der Waals surface area (Å²) in [4.78, 5) is 7.68. The molecular formula is C10H8F2N4S. The Morgan fingerprint density at radius 2 is 1.94 bits per heavy atom. The number of aromatic nitrogens is 2. The van der Waals surface area contributed by atoms with Crippen molar-refractivity contribution in [1.29, 1.82) is 0 Å². The van der Waals surface area contributed by atoms with Crippen molar-refractivity contribution in [2.24, 2.45) is 5.84 Å². The van der Waals surface area contributed by atoms with Crippen LogP contribution in [0.3, 0.4) is 0 Å². The number of halogens is 2. The van der Waals surface area contributed by atoms with Gasteiger partial charge in [-0.25, -0.2) is 24.6 Å². The number of hydrogen-bond acceptors (Lipinski definition) is 5. The number of hydrazine groups is 1. The Balaban J connectivity index is 2.32. The van der Waals surface area contributed by atoms with Gasteiger partial charge in [-0.1, -0.05) is 23.9 Å². The topological polar surface area (TPSA) is 63.8 Å². The first kappa shape index (κ1) is 11.7. The number of anilines is 1. The van der Waals surface area contributed by atoms with Gasteiger partial charge in [0.2, 0.25) is 5.95 Å². The van der Waals surface area contributed by atoms with E-state index in [2.05, 4.69) is 15.4 Å². The Kier molecular flexibility index (Phi) is 3.50. The van der Waals surface area contributed by atoms with E-state index in [0.717, 1.165) is 18.0 Å². The third-order valence-electron chi connectivity index (χ3n) is 1.88. The van der Waals surface area contributed by atoms with Gasteiger partial charge in [-0.3, -0.25) is 5.43 Å². The SMILES string of the molecule is NNc1ncc(F)c(Sc2ccccc2F)n1. The minimum absolute atomic E-state index is 0.0121. The molecule has 1 heterocycles. The Bertz CT molecular complexity index is 535. The molecule has 17 heavy (non-hydrogen) atoms.